The summed E-state index contributed by atoms with van der Waals surface area (Å²) in [4.78, 5) is 2.58. The first-order valence-corrected chi connectivity index (χ1v) is 10.6. The van der Waals surface area contributed by atoms with Crippen molar-refractivity contribution >= 4 is 9.84 Å². The number of hydrogen-bond acceptors (Lipinski definition) is 4. The van der Waals surface area contributed by atoms with Gasteiger partial charge in [0.1, 0.15) is 9.84 Å². The highest BCUT2D eigenvalue weighted by atomic mass is 32.2. The predicted molar refractivity (Wildman–Crippen MR) is 88.3 cm³/mol. The van der Waals surface area contributed by atoms with Crippen LogP contribution in [0.3, 0.4) is 0 Å². The molecule has 0 radical (unpaired) electrons. The quantitative estimate of drug-likeness (QED) is 0.843. The number of nitrogens with one attached hydrogen (secondary N) is 1. The van der Waals surface area contributed by atoms with Crippen LogP contribution < -0.4 is 5.32 Å². The van der Waals surface area contributed by atoms with Gasteiger partial charge in [0.15, 0.2) is 0 Å². The van der Waals surface area contributed by atoms with E-state index in [9.17, 15) is 8.42 Å². The summed E-state index contributed by atoms with van der Waals surface area (Å²) in [5.74, 6) is 0.706. The van der Waals surface area contributed by atoms with Crippen molar-refractivity contribution in [2.24, 2.45) is 5.92 Å². The van der Waals surface area contributed by atoms with Gasteiger partial charge >= 0.3 is 0 Å². The first-order valence-electron chi connectivity index (χ1n) is 8.62. The Labute approximate surface area is 130 Å². The summed E-state index contributed by atoms with van der Waals surface area (Å²) in [6.45, 7) is 7.75. The Bertz CT molecular complexity index is 424. The summed E-state index contributed by atoms with van der Waals surface area (Å²) in [7, 11) is -2.87. The molecule has 1 aliphatic carbocycles. The van der Waals surface area contributed by atoms with E-state index in [0.29, 0.717) is 18.0 Å². The molecule has 1 aliphatic heterocycles. The lowest BCUT2D eigenvalue weighted by Gasteiger charge is -2.44. The van der Waals surface area contributed by atoms with Crippen LogP contribution in [0.2, 0.25) is 0 Å². The smallest absolute Gasteiger partial charge is 0.150 e. The Balaban J connectivity index is 1.96. The molecule has 5 heteroatoms. The van der Waals surface area contributed by atoms with E-state index in [2.05, 4.69) is 24.1 Å². The lowest BCUT2D eigenvalue weighted by atomic mass is 9.86. The lowest BCUT2D eigenvalue weighted by molar-refractivity contribution is 0.0770. The molecule has 1 N–H and O–H groups in total. The van der Waals surface area contributed by atoms with Crippen molar-refractivity contribution in [3.8, 4) is 0 Å². The molecule has 4 nitrogen and oxygen atoms in total. The van der Waals surface area contributed by atoms with Crippen molar-refractivity contribution in [1.82, 2.24) is 10.2 Å². The third-order valence-electron chi connectivity index (χ3n) is 5.48. The van der Waals surface area contributed by atoms with Crippen LogP contribution in [0.1, 0.15) is 52.4 Å². The average molecular weight is 317 g/mol. The molecule has 1 saturated carbocycles. The van der Waals surface area contributed by atoms with Gasteiger partial charge in [-0.2, -0.15) is 0 Å². The van der Waals surface area contributed by atoms with Gasteiger partial charge in [0.2, 0.25) is 0 Å². The third-order valence-corrected chi connectivity index (χ3v) is 7.12. The van der Waals surface area contributed by atoms with Crippen LogP contribution >= 0.6 is 0 Å². The zero-order valence-electron chi connectivity index (χ0n) is 13.8. The zero-order chi connectivity index (χ0) is 15.5. The molecule has 0 amide bonds. The molecule has 0 spiro atoms. The first kappa shape index (κ1) is 17.2. The molecule has 0 aromatic carbocycles. The molecule has 21 heavy (non-hydrogen) atoms. The molecule has 2 rings (SSSR count). The molecule has 1 saturated heterocycles. The fourth-order valence-corrected chi connectivity index (χ4v) is 5.34. The molecule has 2 aliphatic rings. The second kappa shape index (κ2) is 7.42. The van der Waals surface area contributed by atoms with E-state index < -0.39 is 9.84 Å². The van der Waals surface area contributed by atoms with E-state index in [-0.39, 0.29) is 5.25 Å². The number of nitrogens with zero attached hydrogens (tertiary/aromatic N) is 1. The summed E-state index contributed by atoms with van der Waals surface area (Å²) in [5, 5.41) is 3.51. The highest BCUT2D eigenvalue weighted by Crippen LogP contribution is 2.31. The van der Waals surface area contributed by atoms with Gasteiger partial charge in [0.25, 0.3) is 0 Å². The highest BCUT2D eigenvalue weighted by molar-refractivity contribution is 7.91. The Kier molecular flexibility index (Phi) is 6.09. The van der Waals surface area contributed by atoms with Crippen LogP contribution in [-0.4, -0.2) is 56.5 Å². The lowest BCUT2D eigenvalue weighted by Crippen LogP contribution is -2.53. The van der Waals surface area contributed by atoms with Crippen molar-refractivity contribution in [2.45, 2.75) is 69.7 Å². The molecule has 2 fully saturated rings. The van der Waals surface area contributed by atoms with E-state index in [0.717, 1.165) is 38.9 Å². The molecule has 0 aromatic rings. The molecule has 1 heterocycles. The van der Waals surface area contributed by atoms with Crippen molar-refractivity contribution in [1.29, 1.82) is 0 Å². The van der Waals surface area contributed by atoms with E-state index in [1.165, 1.54) is 25.5 Å². The summed E-state index contributed by atoms with van der Waals surface area (Å²) < 4.78 is 23.7. The van der Waals surface area contributed by atoms with Gasteiger partial charge in [0.05, 0.1) is 5.25 Å². The monoisotopic (exact) mass is 316 g/mol. The van der Waals surface area contributed by atoms with E-state index in [1.807, 2.05) is 0 Å². The van der Waals surface area contributed by atoms with Crippen LogP contribution in [-0.2, 0) is 9.84 Å². The number of sulfone groups is 1. The molecular weight excluding hydrogens is 284 g/mol. The summed E-state index contributed by atoms with van der Waals surface area (Å²) >= 11 is 0. The van der Waals surface area contributed by atoms with Gasteiger partial charge in [-0.05, 0) is 44.7 Å². The van der Waals surface area contributed by atoms with Crippen molar-refractivity contribution in [2.75, 3.05) is 25.9 Å². The van der Waals surface area contributed by atoms with Crippen LogP contribution in [0.5, 0.6) is 0 Å². The number of piperidine rings is 1. The van der Waals surface area contributed by atoms with E-state index >= 15 is 0 Å². The molecule has 4 atom stereocenters. The summed E-state index contributed by atoms with van der Waals surface area (Å²) in [6, 6.07) is 1.13. The van der Waals surface area contributed by atoms with E-state index in [1.54, 1.807) is 0 Å². The maximum absolute atomic E-state index is 11.8. The molecular formula is C16H32N2O2S. The maximum Gasteiger partial charge on any atom is 0.150 e. The van der Waals surface area contributed by atoms with Crippen molar-refractivity contribution < 1.29 is 8.42 Å². The minimum atomic E-state index is -2.87. The Hall–Kier alpha value is -0.130. The summed E-state index contributed by atoms with van der Waals surface area (Å²) in [6.07, 6.45) is 7.76. The zero-order valence-corrected chi connectivity index (χ0v) is 14.7. The number of hydrogen-bond donors (Lipinski definition) is 1. The number of likely N-dealkylation sites (tertiary alicyclic amines) is 1. The van der Waals surface area contributed by atoms with Gasteiger partial charge in [-0.25, -0.2) is 8.42 Å². The largest absolute Gasteiger partial charge is 0.314 e. The fraction of sp³-hybridized carbons (Fsp3) is 1.00. The average Bonchev–Trinajstić information content (AvgIpc) is 2.47. The Morgan fingerprint density at radius 3 is 2.57 bits per heavy atom. The standard InChI is InChI=1S/C16H32N2O2S/c1-4-13-12-18(10-9-16(13)17-5-2)14-7-6-8-15(11-14)21(3,19)20/h13-17H,4-12H2,1-3H3. The fourth-order valence-electron chi connectivity index (χ4n) is 4.18. The number of rotatable bonds is 5. The second-order valence-electron chi connectivity index (χ2n) is 6.89. The van der Waals surface area contributed by atoms with Crippen molar-refractivity contribution in [3.63, 3.8) is 0 Å². The van der Waals surface area contributed by atoms with Crippen LogP contribution in [0, 0.1) is 5.92 Å². The van der Waals surface area contributed by atoms with Crippen LogP contribution in [0.15, 0.2) is 0 Å². The molecule has 0 bridgehead atoms. The third kappa shape index (κ3) is 4.42. The topological polar surface area (TPSA) is 49.4 Å². The van der Waals surface area contributed by atoms with Gasteiger partial charge in [0, 0.05) is 24.9 Å². The van der Waals surface area contributed by atoms with Gasteiger partial charge in [-0.3, -0.25) is 4.90 Å². The van der Waals surface area contributed by atoms with Gasteiger partial charge in [-0.1, -0.05) is 26.7 Å². The normalized spacial score (nSPS) is 35.8. The highest BCUT2D eigenvalue weighted by Gasteiger charge is 2.35. The van der Waals surface area contributed by atoms with Gasteiger partial charge < -0.3 is 5.32 Å². The first-order chi connectivity index (χ1) is 9.95. The minimum Gasteiger partial charge on any atom is -0.314 e. The van der Waals surface area contributed by atoms with Crippen molar-refractivity contribution in [3.05, 3.63) is 0 Å². The Morgan fingerprint density at radius 1 is 1.19 bits per heavy atom. The minimum absolute atomic E-state index is 0.109. The predicted octanol–water partition coefficient (Wildman–Crippen LogP) is 2.05. The molecule has 0 aromatic heterocycles. The Morgan fingerprint density at radius 2 is 1.95 bits per heavy atom. The molecule has 124 valence electrons. The summed E-state index contributed by atoms with van der Waals surface area (Å²) in [5.41, 5.74) is 0. The van der Waals surface area contributed by atoms with Gasteiger partial charge in [-0.15, -0.1) is 0 Å². The van der Waals surface area contributed by atoms with Crippen LogP contribution in [0.4, 0.5) is 0 Å². The second-order valence-corrected chi connectivity index (χ2v) is 9.21. The van der Waals surface area contributed by atoms with Crippen LogP contribution in [0.25, 0.3) is 0 Å². The SMILES string of the molecule is CCNC1CCN(C2CCCC(S(C)(=O)=O)C2)CC1CC. The molecule has 4 unspecified atom stereocenters. The van der Waals surface area contributed by atoms with E-state index in [4.69, 9.17) is 0 Å². The maximum atomic E-state index is 11.8.